The van der Waals surface area contributed by atoms with Crippen LogP contribution in [0.25, 0.3) is 0 Å². The van der Waals surface area contributed by atoms with Crippen LogP contribution in [0.4, 0.5) is 11.4 Å². The molecule has 0 spiro atoms. The van der Waals surface area contributed by atoms with Crippen molar-refractivity contribution in [2.24, 2.45) is 0 Å². The Morgan fingerprint density at radius 3 is 1.62 bits per heavy atom. The number of nitrogens with one attached hydrogen (secondary N) is 1. The molecule has 9 rings (SSSR count). The lowest BCUT2D eigenvalue weighted by atomic mass is 9.60. The van der Waals surface area contributed by atoms with Gasteiger partial charge in [-0.15, -0.1) is 0 Å². The van der Waals surface area contributed by atoms with E-state index in [2.05, 4.69) is 106 Å². The van der Waals surface area contributed by atoms with Gasteiger partial charge in [0.25, 0.3) is 0 Å². The molecular formula is C49H39N3O. The summed E-state index contributed by atoms with van der Waals surface area (Å²) in [5.41, 5.74) is 10.5. The lowest BCUT2D eigenvalue weighted by Gasteiger charge is -2.42. The summed E-state index contributed by atoms with van der Waals surface area (Å²) in [6.45, 7) is 0. The molecule has 1 aliphatic carbocycles. The summed E-state index contributed by atoms with van der Waals surface area (Å²) in [4.78, 5) is 8.59. The minimum Gasteiger partial charge on any atom is -0.376 e. The second-order valence-corrected chi connectivity index (χ2v) is 13.2. The molecule has 53 heavy (non-hydrogen) atoms. The number of benzene rings is 6. The molecule has 4 nitrogen and oxygen atoms in total. The van der Waals surface area contributed by atoms with Gasteiger partial charge in [0.2, 0.25) is 0 Å². The maximum absolute atomic E-state index is 12.0. The molecule has 4 heteroatoms. The van der Waals surface area contributed by atoms with E-state index < -0.39 is 5.60 Å². The van der Waals surface area contributed by atoms with Crippen LogP contribution in [-0.4, -0.2) is 15.1 Å². The summed E-state index contributed by atoms with van der Waals surface area (Å²) in [6.07, 6.45) is 8.39. The number of para-hydroxylation sites is 1. The number of aliphatic hydroxyl groups is 1. The summed E-state index contributed by atoms with van der Waals surface area (Å²) in [7, 11) is 0. The first-order valence-corrected chi connectivity index (χ1v) is 17.9. The van der Waals surface area contributed by atoms with Crippen LogP contribution in [0, 0.1) is 0 Å². The number of aromatic nitrogens is 2. The second-order valence-electron chi connectivity index (χ2n) is 13.2. The highest BCUT2D eigenvalue weighted by Crippen LogP contribution is 2.50. The van der Waals surface area contributed by atoms with Gasteiger partial charge in [0, 0.05) is 29.8 Å². The van der Waals surface area contributed by atoms with Crippen LogP contribution in [0.2, 0.25) is 0 Å². The summed E-state index contributed by atoms with van der Waals surface area (Å²) < 4.78 is 0. The zero-order valence-electron chi connectivity index (χ0n) is 29.3. The first-order valence-electron chi connectivity index (χ1n) is 17.9. The molecule has 1 aliphatic rings. The highest BCUT2D eigenvalue weighted by Gasteiger charge is 2.43. The number of fused-ring (bicyclic) bond motifs is 2. The Kier molecular flexibility index (Phi) is 9.44. The van der Waals surface area contributed by atoms with Crippen LogP contribution < -0.4 is 5.32 Å². The van der Waals surface area contributed by atoms with E-state index in [1.807, 2.05) is 109 Å². The molecule has 2 aromatic heterocycles. The summed E-state index contributed by atoms with van der Waals surface area (Å²) in [5.74, 6) is 0. The van der Waals surface area contributed by atoms with Gasteiger partial charge in [-0.1, -0.05) is 164 Å². The molecule has 8 aromatic rings. The van der Waals surface area contributed by atoms with Gasteiger partial charge < -0.3 is 10.4 Å². The number of nitrogens with zero attached hydrogens (tertiary/aromatic N) is 2. The minimum atomic E-state index is -1.28. The van der Waals surface area contributed by atoms with E-state index in [4.69, 9.17) is 0 Å². The lowest BCUT2D eigenvalue weighted by Crippen LogP contribution is -2.36. The van der Waals surface area contributed by atoms with Gasteiger partial charge in [-0.25, -0.2) is 0 Å². The van der Waals surface area contributed by atoms with E-state index in [9.17, 15) is 5.11 Å². The Morgan fingerprint density at radius 1 is 0.472 bits per heavy atom. The average molecular weight is 686 g/mol. The van der Waals surface area contributed by atoms with Crippen LogP contribution in [0.15, 0.2) is 213 Å². The third-order valence-corrected chi connectivity index (χ3v) is 10.2. The number of pyridine rings is 2. The molecule has 0 bridgehead atoms. The van der Waals surface area contributed by atoms with E-state index in [1.165, 1.54) is 33.4 Å². The monoisotopic (exact) mass is 685 g/mol. The summed E-state index contributed by atoms with van der Waals surface area (Å²) >= 11 is 0. The smallest absolute Gasteiger partial charge is 0.142 e. The number of hydrogen-bond donors (Lipinski definition) is 2. The van der Waals surface area contributed by atoms with E-state index >= 15 is 0 Å². The fraction of sp³-hybridized carbons (Fsp3) is 0.0612. The maximum atomic E-state index is 12.0. The quantitative estimate of drug-likeness (QED) is 0.164. The zero-order valence-corrected chi connectivity index (χ0v) is 29.3. The van der Waals surface area contributed by atoms with Crippen molar-refractivity contribution in [2.45, 2.75) is 17.4 Å². The summed E-state index contributed by atoms with van der Waals surface area (Å²) in [6, 6.07) is 63.9. The SMILES string of the molecule is OC(c1ccccc1)(c1ccccc1)c1ccccc1Nc1cccnc1.c1ccc(C2(c3ccccc3)c3ccccc3Cc3cnccc32)cc1. The minimum absolute atomic E-state index is 0.310. The number of rotatable bonds is 7. The molecular weight excluding hydrogens is 647 g/mol. The van der Waals surface area contributed by atoms with Gasteiger partial charge in [0.15, 0.2) is 0 Å². The molecule has 0 fully saturated rings. The van der Waals surface area contributed by atoms with Crippen molar-refractivity contribution in [3.63, 3.8) is 0 Å². The van der Waals surface area contributed by atoms with Crippen molar-refractivity contribution >= 4 is 11.4 Å². The predicted octanol–water partition coefficient (Wildman–Crippen LogP) is 10.5. The van der Waals surface area contributed by atoms with Gasteiger partial charge in [-0.2, -0.15) is 0 Å². The third-order valence-electron chi connectivity index (χ3n) is 10.2. The van der Waals surface area contributed by atoms with Gasteiger partial charge in [-0.3, -0.25) is 9.97 Å². The van der Waals surface area contributed by atoms with E-state index in [1.54, 1.807) is 12.4 Å². The molecule has 0 saturated heterocycles. The Hall–Kier alpha value is -6.62. The number of hydrogen-bond acceptors (Lipinski definition) is 4. The van der Waals surface area contributed by atoms with Crippen molar-refractivity contribution < 1.29 is 5.11 Å². The average Bonchev–Trinajstić information content (AvgIpc) is 3.24. The molecule has 0 aliphatic heterocycles. The van der Waals surface area contributed by atoms with Crippen molar-refractivity contribution in [2.75, 3.05) is 5.32 Å². The molecule has 2 heterocycles. The highest BCUT2D eigenvalue weighted by atomic mass is 16.3. The van der Waals surface area contributed by atoms with Crippen LogP contribution in [0.3, 0.4) is 0 Å². The topological polar surface area (TPSA) is 58.0 Å². The largest absolute Gasteiger partial charge is 0.376 e. The Balaban J connectivity index is 0.000000151. The van der Waals surface area contributed by atoms with E-state index in [-0.39, 0.29) is 5.41 Å². The standard InChI is InChI=1S/C25H19N.C24H20N2O/c1-3-10-21(11-4-1)25(22-12-5-2-6-13-22)23-14-8-7-9-19(23)17-20-18-26-16-15-24(20)25;27-24(19-10-3-1-4-11-19,20-12-5-2-6-13-20)22-15-7-8-16-23(22)26-21-14-9-17-25-18-21/h1-16,18H,17H2;1-18,26-27H. The van der Waals surface area contributed by atoms with Gasteiger partial charge in [0.1, 0.15) is 5.60 Å². The molecule has 0 radical (unpaired) electrons. The first kappa shape index (κ1) is 33.5. The normalized spacial score (nSPS) is 12.7. The van der Waals surface area contributed by atoms with Gasteiger partial charge in [-0.05, 0) is 75.2 Å². The zero-order chi connectivity index (χ0) is 35.9. The molecule has 0 atom stereocenters. The van der Waals surface area contributed by atoms with Crippen molar-refractivity contribution in [3.05, 3.63) is 263 Å². The van der Waals surface area contributed by atoms with Crippen molar-refractivity contribution in [1.82, 2.24) is 9.97 Å². The van der Waals surface area contributed by atoms with Crippen LogP contribution in [-0.2, 0) is 17.4 Å². The Labute approximate surface area is 311 Å². The molecule has 0 amide bonds. The Bertz CT molecular complexity index is 2270. The third kappa shape index (κ3) is 6.31. The van der Waals surface area contributed by atoms with Gasteiger partial charge in [0.05, 0.1) is 17.3 Å². The molecule has 2 N–H and O–H groups in total. The fourth-order valence-corrected chi connectivity index (χ4v) is 7.83. The maximum Gasteiger partial charge on any atom is 0.142 e. The molecule has 0 saturated carbocycles. The molecule has 6 aromatic carbocycles. The molecule has 256 valence electrons. The van der Waals surface area contributed by atoms with Crippen LogP contribution in [0.5, 0.6) is 0 Å². The summed E-state index contributed by atoms with van der Waals surface area (Å²) in [5, 5.41) is 15.4. The van der Waals surface area contributed by atoms with Crippen molar-refractivity contribution in [3.8, 4) is 0 Å². The lowest BCUT2D eigenvalue weighted by molar-refractivity contribution is 0.126. The van der Waals surface area contributed by atoms with E-state index in [0.29, 0.717) is 0 Å². The predicted molar refractivity (Wildman–Crippen MR) is 214 cm³/mol. The van der Waals surface area contributed by atoms with E-state index in [0.717, 1.165) is 34.5 Å². The van der Waals surface area contributed by atoms with Crippen LogP contribution in [0.1, 0.15) is 50.1 Å². The Morgan fingerprint density at radius 2 is 1.00 bits per heavy atom. The second kappa shape index (κ2) is 14.9. The number of anilines is 2. The van der Waals surface area contributed by atoms with Crippen molar-refractivity contribution in [1.29, 1.82) is 0 Å². The molecule has 0 unspecified atom stereocenters. The highest BCUT2D eigenvalue weighted by molar-refractivity contribution is 5.68. The van der Waals surface area contributed by atoms with Crippen LogP contribution >= 0.6 is 0 Å². The first-order chi connectivity index (χ1) is 26.2. The van der Waals surface area contributed by atoms with Gasteiger partial charge >= 0.3 is 0 Å². The fourth-order valence-electron chi connectivity index (χ4n) is 7.83.